The molecule has 0 radical (unpaired) electrons. The molecule has 18 heavy (non-hydrogen) atoms. The van der Waals surface area contributed by atoms with Gasteiger partial charge in [-0.2, -0.15) is 0 Å². The summed E-state index contributed by atoms with van der Waals surface area (Å²) in [5.41, 5.74) is 5.97. The first-order valence-corrected chi connectivity index (χ1v) is 8.78. The third kappa shape index (κ3) is 3.82. The fraction of sp³-hybridized carbons (Fsp3) is 0.733. The van der Waals surface area contributed by atoms with Crippen molar-refractivity contribution in [1.82, 2.24) is 0 Å². The molecule has 102 valence electrons. The molecule has 1 heterocycles. The second-order valence-electron chi connectivity index (χ2n) is 5.63. The highest BCUT2D eigenvalue weighted by Gasteiger charge is 2.29. The summed E-state index contributed by atoms with van der Waals surface area (Å²) in [6.45, 7) is 3.18. The standard InChI is InChI=1S/C15H24BrNS/c1-2-3-11-4-5-12(10-17)13(8-11)9-14-6-7-15(16)18-14/h6-7,11-13H,2-5,8-10,17H2,1H3. The Morgan fingerprint density at radius 2 is 2.17 bits per heavy atom. The van der Waals surface area contributed by atoms with Crippen LogP contribution >= 0.6 is 27.3 Å². The summed E-state index contributed by atoms with van der Waals surface area (Å²) in [4.78, 5) is 1.52. The molecule has 0 amide bonds. The molecule has 0 aromatic carbocycles. The SMILES string of the molecule is CCCC1CCC(CN)C(Cc2ccc(Br)s2)C1. The van der Waals surface area contributed by atoms with E-state index < -0.39 is 0 Å². The highest BCUT2D eigenvalue weighted by atomic mass is 79.9. The first-order valence-electron chi connectivity index (χ1n) is 7.17. The lowest BCUT2D eigenvalue weighted by Crippen LogP contribution is -2.31. The van der Waals surface area contributed by atoms with Gasteiger partial charge >= 0.3 is 0 Å². The van der Waals surface area contributed by atoms with Crippen molar-refractivity contribution >= 4 is 27.3 Å². The minimum Gasteiger partial charge on any atom is -0.330 e. The van der Waals surface area contributed by atoms with Crippen LogP contribution in [0.25, 0.3) is 0 Å². The van der Waals surface area contributed by atoms with Crippen molar-refractivity contribution in [3.05, 3.63) is 20.8 Å². The quantitative estimate of drug-likeness (QED) is 0.821. The van der Waals surface area contributed by atoms with Crippen LogP contribution in [0, 0.1) is 17.8 Å². The van der Waals surface area contributed by atoms with E-state index in [2.05, 4.69) is 35.0 Å². The first-order chi connectivity index (χ1) is 8.72. The van der Waals surface area contributed by atoms with E-state index >= 15 is 0 Å². The smallest absolute Gasteiger partial charge is 0.0701 e. The molecule has 1 aliphatic carbocycles. The van der Waals surface area contributed by atoms with Gasteiger partial charge in [-0.1, -0.05) is 26.2 Å². The van der Waals surface area contributed by atoms with Crippen molar-refractivity contribution in [3.63, 3.8) is 0 Å². The number of hydrogen-bond acceptors (Lipinski definition) is 2. The lowest BCUT2D eigenvalue weighted by molar-refractivity contribution is 0.176. The second kappa shape index (κ2) is 7.06. The van der Waals surface area contributed by atoms with Crippen molar-refractivity contribution in [3.8, 4) is 0 Å². The average molecular weight is 330 g/mol. The lowest BCUT2D eigenvalue weighted by Gasteiger charge is -2.35. The topological polar surface area (TPSA) is 26.0 Å². The molecule has 3 heteroatoms. The van der Waals surface area contributed by atoms with Crippen molar-refractivity contribution < 1.29 is 0 Å². The summed E-state index contributed by atoms with van der Waals surface area (Å²) in [6, 6.07) is 4.44. The Bertz CT molecular complexity index is 363. The van der Waals surface area contributed by atoms with Gasteiger partial charge in [-0.05, 0) is 71.6 Å². The minimum absolute atomic E-state index is 0.749. The summed E-state index contributed by atoms with van der Waals surface area (Å²) >= 11 is 5.44. The highest BCUT2D eigenvalue weighted by molar-refractivity contribution is 9.11. The molecule has 3 atom stereocenters. The molecule has 0 spiro atoms. The van der Waals surface area contributed by atoms with Gasteiger partial charge in [-0.15, -0.1) is 11.3 Å². The number of hydrogen-bond donors (Lipinski definition) is 1. The van der Waals surface area contributed by atoms with Crippen LogP contribution in [0.3, 0.4) is 0 Å². The third-order valence-electron chi connectivity index (χ3n) is 4.34. The van der Waals surface area contributed by atoms with Crippen LogP contribution < -0.4 is 5.73 Å². The van der Waals surface area contributed by atoms with Gasteiger partial charge in [-0.3, -0.25) is 0 Å². The van der Waals surface area contributed by atoms with Crippen LogP contribution in [-0.2, 0) is 6.42 Å². The zero-order valence-corrected chi connectivity index (χ0v) is 13.6. The van der Waals surface area contributed by atoms with Crippen molar-refractivity contribution in [2.75, 3.05) is 6.54 Å². The van der Waals surface area contributed by atoms with Crippen LogP contribution in [0.5, 0.6) is 0 Å². The van der Waals surface area contributed by atoms with Crippen molar-refractivity contribution in [2.24, 2.45) is 23.5 Å². The zero-order chi connectivity index (χ0) is 13.0. The van der Waals surface area contributed by atoms with Gasteiger partial charge in [0.05, 0.1) is 3.79 Å². The van der Waals surface area contributed by atoms with Crippen LogP contribution in [0.4, 0.5) is 0 Å². The van der Waals surface area contributed by atoms with E-state index in [1.807, 2.05) is 11.3 Å². The first kappa shape index (κ1) is 14.5. The molecule has 1 aromatic heterocycles. The molecule has 1 fully saturated rings. The molecule has 2 rings (SSSR count). The number of rotatable bonds is 5. The normalized spacial score (nSPS) is 28.5. The summed E-state index contributed by atoms with van der Waals surface area (Å²) in [7, 11) is 0. The van der Waals surface area contributed by atoms with E-state index in [4.69, 9.17) is 5.73 Å². The van der Waals surface area contributed by atoms with Crippen LogP contribution in [-0.4, -0.2) is 6.54 Å². The van der Waals surface area contributed by atoms with Gasteiger partial charge in [-0.25, -0.2) is 0 Å². The highest BCUT2D eigenvalue weighted by Crippen LogP contribution is 2.38. The Hall–Kier alpha value is 0.140. The summed E-state index contributed by atoms with van der Waals surface area (Å²) < 4.78 is 1.25. The van der Waals surface area contributed by atoms with Gasteiger partial charge in [0.1, 0.15) is 0 Å². The van der Waals surface area contributed by atoms with Gasteiger partial charge in [0.15, 0.2) is 0 Å². The fourth-order valence-corrected chi connectivity index (χ4v) is 4.95. The van der Waals surface area contributed by atoms with Crippen LogP contribution in [0.1, 0.15) is 43.9 Å². The van der Waals surface area contributed by atoms with Crippen molar-refractivity contribution in [1.29, 1.82) is 0 Å². The van der Waals surface area contributed by atoms with Crippen molar-refractivity contribution in [2.45, 2.75) is 45.4 Å². The molecule has 2 N–H and O–H groups in total. The molecule has 0 bridgehead atoms. The number of thiophene rings is 1. The number of halogens is 1. The number of nitrogens with two attached hydrogens (primary N) is 1. The van der Waals surface area contributed by atoms with E-state index in [9.17, 15) is 0 Å². The summed E-state index contributed by atoms with van der Waals surface area (Å²) in [5.74, 6) is 2.51. The van der Waals surface area contributed by atoms with E-state index in [0.29, 0.717) is 0 Å². The maximum atomic E-state index is 5.97. The predicted molar refractivity (Wildman–Crippen MR) is 84.0 cm³/mol. The van der Waals surface area contributed by atoms with Gasteiger partial charge in [0.25, 0.3) is 0 Å². The molecule has 1 aromatic rings. The minimum atomic E-state index is 0.749. The Kier molecular flexibility index (Phi) is 5.71. The monoisotopic (exact) mass is 329 g/mol. The molecule has 0 aliphatic heterocycles. The van der Waals surface area contributed by atoms with E-state index in [-0.39, 0.29) is 0 Å². The lowest BCUT2D eigenvalue weighted by atomic mass is 9.71. The van der Waals surface area contributed by atoms with Crippen LogP contribution in [0.2, 0.25) is 0 Å². The average Bonchev–Trinajstić information content (AvgIpc) is 2.76. The van der Waals surface area contributed by atoms with Gasteiger partial charge in [0.2, 0.25) is 0 Å². The molecule has 3 unspecified atom stereocenters. The van der Waals surface area contributed by atoms with E-state index in [1.165, 1.54) is 47.2 Å². The Morgan fingerprint density at radius 3 is 2.78 bits per heavy atom. The zero-order valence-electron chi connectivity index (χ0n) is 11.2. The Morgan fingerprint density at radius 1 is 1.33 bits per heavy atom. The van der Waals surface area contributed by atoms with Gasteiger partial charge < -0.3 is 5.73 Å². The molecule has 1 nitrogen and oxygen atoms in total. The molecular weight excluding hydrogens is 306 g/mol. The van der Waals surface area contributed by atoms with E-state index in [0.717, 1.165) is 24.3 Å². The molecular formula is C15H24BrNS. The van der Waals surface area contributed by atoms with Crippen LogP contribution in [0.15, 0.2) is 15.9 Å². The molecule has 0 saturated heterocycles. The second-order valence-corrected chi connectivity index (χ2v) is 8.18. The maximum Gasteiger partial charge on any atom is 0.0701 e. The Balaban J connectivity index is 1.97. The fourth-order valence-electron chi connectivity index (χ4n) is 3.37. The largest absolute Gasteiger partial charge is 0.330 e. The predicted octanol–water partition coefficient (Wildman–Crippen LogP) is 4.84. The Labute approximate surface area is 123 Å². The molecule has 1 saturated carbocycles. The third-order valence-corrected chi connectivity index (χ3v) is 5.99. The summed E-state index contributed by atoms with van der Waals surface area (Å²) in [5, 5.41) is 0. The maximum absolute atomic E-state index is 5.97. The van der Waals surface area contributed by atoms with Gasteiger partial charge in [0, 0.05) is 4.88 Å². The summed E-state index contributed by atoms with van der Waals surface area (Å²) in [6.07, 6.45) is 8.11. The molecule has 1 aliphatic rings. The van der Waals surface area contributed by atoms with E-state index in [1.54, 1.807) is 0 Å².